The second-order valence-electron chi connectivity index (χ2n) is 4.85. The topological polar surface area (TPSA) is 32.3 Å². The van der Waals surface area contributed by atoms with Gasteiger partial charge in [0.1, 0.15) is 0 Å². The summed E-state index contributed by atoms with van der Waals surface area (Å²) in [4.78, 5) is 13.6. The molecule has 0 aliphatic carbocycles. The maximum Gasteiger partial charge on any atom is 0.239 e. The summed E-state index contributed by atoms with van der Waals surface area (Å²) in [6.07, 6.45) is 0.908. The van der Waals surface area contributed by atoms with Crippen LogP contribution in [-0.4, -0.2) is 30.4 Å². The van der Waals surface area contributed by atoms with Crippen molar-refractivity contribution < 1.29 is 4.79 Å². The summed E-state index contributed by atoms with van der Waals surface area (Å²) in [5, 5.41) is 3.42. The van der Waals surface area contributed by atoms with Gasteiger partial charge in [-0.15, -0.1) is 0 Å². The maximum absolute atomic E-state index is 11.8. The van der Waals surface area contributed by atoms with Crippen molar-refractivity contribution in [1.29, 1.82) is 0 Å². The summed E-state index contributed by atoms with van der Waals surface area (Å²) >= 11 is 0. The molecule has 0 radical (unpaired) electrons. The second-order valence-corrected chi connectivity index (χ2v) is 4.85. The number of hydrogen-bond donors (Lipinski definition) is 1. The van der Waals surface area contributed by atoms with E-state index in [0.717, 1.165) is 13.0 Å². The molecule has 0 aromatic heterocycles. The molecule has 1 aromatic rings. The van der Waals surface area contributed by atoms with Crippen molar-refractivity contribution in [3.63, 3.8) is 0 Å². The van der Waals surface area contributed by atoms with E-state index in [-0.39, 0.29) is 18.0 Å². The molecule has 1 N–H and O–H groups in total. The highest BCUT2D eigenvalue weighted by Gasteiger charge is 2.30. The molecule has 0 bridgehead atoms. The first-order chi connectivity index (χ1) is 8.09. The highest BCUT2D eigenvalue weighted by molar-refractivity contribution is 5.83. The SMILES string of the molecule is Cc1ccccc1[C@H](C)NC1CCN(C)C1=O. The number of carbonyl (C=O) groups is 1. The molecule has 2 rings (SSSR count). The zero-order valence-electron chi connectivity index (χ0n) is 10.7. The van der Waals surface area contributed by atoms with Gasteiger partial charge in [-0.05, 0) is 31.4 Å². The number of nitrogens with one attached hydrogen (secondary N) is 1. The van der Waals surface area contributed by atoms with E-state index in [2.05, 4.69) is 31.3 Å². The lowest BCUT2D eigenvalue weighted by molar-refractivity contribution is -0.128. The third kappa shape index (κ3) is 2.50. The lowest BCUT2D eigenvalue weighted by Gasteiger charge is -2.20. The van der Waals surface area contributed by atoms with Gasteiger partial charge >= 0.3 is 0 Å². The van der Waals surface area contributed by atoms with E-state index in [1.165, 1.54) is 11.1 Å². The molecular weight excluding hydrogens is 212 g/mol. The monoisotopic (exact) mass is 232 g/mol. The average molecular weight is 232 g/mol. The lowest BCUT2D eigenvalue weighted by atomic mass is 10.0. The molecule has 3 heteroatoms. The van der Waals surface area contributed by atoms with Gasteiger partial charge in [0.25, 0.3) is 0 Å². The molecule has 1 aromatic carbocycles. The third-order valence-corrected chi connectivity index (χ3v) is 3.53. The Hall–Kier alpha value is -1.35. The Morgan fingerprint density at radius 2 is 2.12 bits per heavy atom. The van der Waals surface area contributed by atoms with E-state index in [9.17, 15) is 4.79 Å². The highest BCUT2D eigenvalue weighted by atomic mass is 16.2. The third-order valence-electron chi connectivity index (χ3n) is 3.53. The Balaban J connectivity index is 2.05. The van der Waals surface area contributed by atoms with Gasteiger partial charge in [0.05, 0.1) is 6.04 Å². The molecule has 1 amide bonds. The maximum atomic E-state index is 11.8. The molecule has 1 aliphatic heterocycles. The van der Waals surface area contributed by atoms with E-state index >= 15 is 0 Å². The van der Waals surface area contributed by atoms with Gasteiger partial charge in [0.15, 0.2) is 0 Å². The van der Waals surface area contributed by atoms with Crippen LogP contribution in [0.15, 0.2) is 24.3 Å². The van der Waals surface area contributed by atoms with E-state index in [4.69, 9.17) is 0 Å². The van der Waals surface area contributed by atoms with Crippen molar-refractivity contribution in [1.82, 2.24) is 10.2 Å². The van der Waals surface area contributed by atoms with Crippen molar-refractivity contribution in [2.24, 2.45) is 0 Å². The van der Waals surface area contributed by atoms with E-state index in [1.807, 2.05) is 19.2 Å². The zero-order chi connectivity index (χ0) is 12.4. The molecule has 1 fully saturated rings. The Morgan fingerprint density at radius 1 is 1.41 bits per heavy atom. The van der Waals surface area contributed by atoms with Crippen molar-refractivity contribution >= 4 is 5.91 Å². The molecule has 0 spiro atoms. The number of hydrogen-bond acceptors (Lipinski definition) is 2. The minimum absolute atomic E-state index is 0.0189. The molecule has 0 saturated carbocycles. The predicted molar refractivity (Wildman–Crippen MR) is 68.8 cm³/mol. The Morgan fingerprint density at radius 3 is 2.71 bits per heavy atom. The predicted octanol–water partition coefficient (Wildman–Crippen LogP) is 1.88. The van der Waals surface area contributed by atoms with Gasteiger partial charge in [-0.2, -0.15) is 0 Å². The first kappa shape index (κ1) is 12.1. The molecule has 1 saturated heterocycles. The Bertz CT molecular complexity index is 416. The molecule has 3 nitrogen and oxygen atoms in total. The number of likely N-dealkylation sites (tertiary alicyclic amines) is 1. The molecular formula is C14H20N2O. The fourth-order valence-corrected chi connectivity index (χ4v) is 2.44. The van der Waals surface area contributed by atoms with Gasteiger partial charge < -0.3 is 4.90 Å². The summed E-state index contributed by atoms with van der Waals surface area (Å²) in [6.45, 7) is 5.08. The molecule has 92 valence electrons. The number of carbonyl (C=O) groups excluding carboxylic acids is 1. The van der Waals surface area contributed by atoms with Gasteiger partial charge in [-0.1, -0.05) is 24.3 Å². The van der Waals surface area contributed by atoms with Crippen LogP contribution in [0.3, 0.4) is 0 Å². The fourth-order valence-electron chi connectivity index (χ4n) is 2.44. The van der Waals surface area contributed by atoms with E-state index in [1.54, 1.807) is 4.90 Å². The van der Waals surface area contributed by atoms with Crippen molar-refractivity contribution in [3.05, 3.63) is 35.4 Å². The fraction of sp³-hybridized carbons (Fsp3) is 0.500. The first-order valence-corrected chi connectivity index (χ1v) is 6.16. The van der Waals surface area contributed by atoms with Gasteiger partial charge in [-0.25, -0.2) is 0 Å². The van der Waals surface area contributed by atoms with Crippen LogP contribution in [0.2, 0.25) is 0 Å². The van der Waals surface area contributed by atoms with E-state index < -0.39 is 0 Å². The smallest absolute Gasteiger partial charge is 0.239 e. The summed E-state index contributed by atoms with van der Waals surface area (Å²) in [6, 6.07) is 8.52. The van der Waals surface area contributed by atoms with Crippen LogP contribution in [-0.2, 0) is 4.79 Å². The number of aryl methyl sites for hydroxylation is 1. The van der Waals surface area contributed by atoms with Gasteiger partial charge in [0.2, 0.25) is 5.91 Å². The lowest BCUT2D eigenvalue weighted by Crippen LogP contribution is -2.38. The molecule has 2 atom stereocenters. The van der Waals surface area contributed by atoms with Crippen LogP contribution in [0.4, 0.5) is 0 Å². The average Bonchev–Trinajstić information content (AvgIpc) is 2.61. The summed E-state index contributed by atoms with van der Waals surface area (Å²) < 4.78 is 0. The van der Waals surface area contributed by atoms with Crippen LogP contribution in [0.5, 0.6) is 0 Å². The molecule has 1 heterocycles. The second kappa shape index (κ2) is 4.88. The van der Waals surface area contributed by atoms with Crippen LogP contribution in [0.25, 0.3) is 0 Å². The largest absolute Gasteiger partial charge is 0.344 e. The van der Waals surface area contributed by atoms with Crippen LogP contribution in [0, 0.1) is 6.92 Å². The number of amides is 1. The quantitative estimate of drug-likeness (QED) is 0.863. The van der Waals surface area contributed by atoms with Crippen molar-refractivity contribution in [2.45, 2.75) is 32.4 Å². The highest BCUT2D eigenvalue weighted by Crippen LogP contribution is 2.19. The molecule has 1 aliphatic rings. The molecule has 17 heavy (non-hydrogen) atoms. The Labute approximate surface area is 103 Å². The molecule has 1 unspecified atom stereocenters. The number of benzene rings is 1. The first-order valence-electron chi connectivity index (χ1n) is 6.16. The van der Waals surface area contributed by atoms with Crippen molar-refractivity contribution in [3.8, 4) is 0 Å². The minimum atomic E-state index is -0.0189. The minimum Gasteiger partial charge on any atom is -0.344 e. The Kier molecular flexibility index (Phi) is 3.48. The summed E-state index contributed by atoms with van der Waals surface area (Å²) in [5.41, 5.74) is 2.54. The van der Waals surface area contributed by atoms with Crippen LogP contribution < -0.4 is 5.32 Å². The standard InChI is InChI=1S/C14H20N2O/c1-10-6-4-5-7-12(10)11(2)15-13-8-9-16(3)14(13)17/h4-7,11,13,15H,8-9H2,1-3H3/t11-,13?/m0/s1. The van der Waals surface area contributed by atoms with Crippen LogP contribution >= 0.6 is 0 Å². The number of rotatable bonds is 3. The van der Waals surface area contributed by atoms with Crippen LogP contribution in [0.1, 0.15) is 30.5 Å². The number of nitrogens with zero attached hydrogens (tertiary/aromatic N) is 1. The van der Waals surface area contributed by atoms with Gasteiger partial charge in [0, 0.05) is 19.6 Å². The summed E-state index contributed by atoms with van der Waals surface area (Å²) in [5.74, 6) is 0.213. The van der Waals surface area contributed by atoms with E-state index in [0.29, 0.717) is 0 Å². The normalized spacial score (nSPS) is 21.9. The summed E-state index contributed by atoms with van der Waals surface area (Å²) in [7, 11) is 1.86. The number of likely N-dealkylation sites (N-methyl/N-ethyl adjacent to an activating group) is 1. The zero-order valence-corrected chi connectivity index (χ0v) is 10.7. The van der Waals surface area contributed by atoms with Crippen molar-refractivity contribution in [2.75, 3.05) is 13.6 Å². The van der Waals surface area contributed by atoms with Gasteiger partial charge in [-0.3, -0.25) is 10.1 Å².